The molecule has 0 fully saturated rings. The zero-order chi connectivity index (χ0) is 22.3. The van der Waals surface area contributed by atoms with Gasteiger partial charge in [-0.1, -0.05) is 36.2 Å². The van der Waals surface area contributed by atoms with Gasteiger partial charge in [-0.15, -0.1) is 0 Å². The van der Waals surface area contributed by atoms with E-state index in [2.05, 4.69) is 10.4 Å². The Hall–Kier alpha value is -3.12. The fraction of sp³-hybridized carbons (Fsp3) is 0.292. The van der Waals surface area contributed by atoms with Crippen molar-refractivity contribution in [1.29, 1.82) is 0 Å². The Morgan fingerprint density at radius 1 is 1.19 bits per heavy atom. The van der Waals surface area contributed by atoms with Crippen LogP contribution in [-0.4, -0.2) is 28.1 Å². The van der Waals surface area contributed by atoms with E-state index >= 15 is 0 Å². The highest BCUT2D eigenvalue weighted by molar-refractivity contribution is 6.32. The molecule has 6 nitrogen and oxygen atoms in total. The zero-order valence-electron chi connectivity index (χ0n) is 18.0. The molecule has 1 amide bonds. The molecule has 0 spiro atoms. The number of ketones is 1. The predicted molar refractivity (Wildman–Crippen MR) is 121 cm³/mol. The standard InChI is InChI=1S/C24H24ClN3O3/c1-13-5-7-17(8-6-13)28-16(4)24(15(3)27-28)26-21(30)12-31-20-10-9-18(25)22-14(2)11-19(29)23(20)22/h5-10,14H,11-12H2,1-4H3,(H,26,30). The first-order chi connectivity index (χ1) is 14.8. The number of nitrogens with zero attached hydrogens (tertiary/aromatic N) is 2. The minimum absolute atomic E-state index is 0.00790. The topological polar surface area (TPSA) is 73.2 Å². The SMILES string of the molecule is Cc1ccc(-n2nc(C)c(NC(=O)COc3ccc(Cl)c4c3C(=O)CC4C)c2C)cc1. The molecule has 0 radical (unpaired) electrons. The molecule has 2 aromatic carbocycles. The normalized spacial score (nSPS) is 15.1. The third-order valence-electron chi connectivity index (χ3n) is 5.61. The fourth-order valence-electron chi connectivity index (χ4n) is 4.03. The molecule has 0 saturated heterocycles. The van der Waals surface area contributed by atoms with Gasteiger partial charge in [-0.3, -0.25) is 9.59 Å². The number of amides is 1. The van der Waals surface area contributed by atoms with Crippen LogP contribution in [0.25, 0.3) is 5.69 Å². The Balaban J connectivity index is 1.50. The number of anilines is 1. The minimum Gasteiger partial charge on any atom is -0.483 e. The van der Waals surface area contributed by atoms with Crippen LogP contribution in [-0.2, 0) is 4.79 Å². The number of nitrogens with one attached hydrogen (secondary N) is 1. The molecule has 7 heteroatoms. The van der Waals surface area contributed by atoms with Gasteiger partial charge in [0.25, 0.3) is 5.91 Å². The molecule has 1 heterocycles. The lowest BCUT2D eigenvalue weighted by Crippen LogP contribution is -2.21. The van der Waals surface area contributed by atoms with Crippen molar-refractivity contribution in [2.45, 2.75) is 40.0 Å². The highest BCUT2D eigenvalue weighted by Gasteiger charge is 2.32. The fourth-order valence-corrected chi connectivity index (χ4v) is 4.37. The minimum atomic E-state index is -0.322. The monoisotopic (exact) mass is 437 g/mol. The molecule has 0 saturated carbocycles. The van der Waals surface area contributed by atoms with Crippen LogP contribution in [0.15, 0.2) is 36.4 Å². The van der Waals surface area contributed by atoms with Gasteiger partial charge in [-0.25, -0.2) is 4.68 Å². The third kappa shape index (κ3) is 3.95. The maximum Gasteiger partial charge on any atom is 0.262 e. The van der Waals surface area contributed by atoms with E-state index in [0.29, 0.717) is 34.1 Å². The average Bonchev–Trinajstić information content (AvgIpc) is 3.19. The van der Waals surface area contributed by atoms with Crippen molar-refractivity contribution in [3.63, 3.8) is 0 Å². The van der Waals surface area contributed by atoms with E-state index in [1.807, 2.05) is 52.0 Å². The Kier molecular flexibility index (Phi) is 5.58. The predicted octanol–water partition coefficient (Wildman–Crippen LogP) is 5.16. The van der Waals surface area contributed by atoms with Gasteiger partial charge in [0.05, 0.1) is 28.3 Å². The Morgan fingerprint density at radius 3 is 2.61 bits per heavy atom. The summed E-state index contributed by atoms with van der Waals surface area (Å²) in [6, 6.07) is 11.4. The van der Waals surface area contributed by atoms with Crippen LogP contribution in [0.3, 0.4) is 0 Å². The second kappa shape index (κ2) is 8.19. The Labute approximate surface area is 186 Å². The van der Waals surface area contributed by atoms with Gasteiger partial charge >= 0.3 is 0 Å². The van der Waals surface area contributed by atoms with Crippen LogP contribution in [0.1, 0.15) is 52.1 Å². The summed E-state index contributed by atoms with van der Waals surface area (Å²) >= 11 is 6.27. The number of Topliss-reactive ketones (excluding diaryl/α,β-unsaturated/α-hetero) is 1. The molecule has 1 unspecified atom stereocenters. The molecular weight excluding hydrogens is 414 g/mol. The molecule has 1 aromatic heterocycles. The number of ether oxygens (including phenoxy) is 1. The first-order valence-corrected chi connectivity index (χ1v) is 10.6. The number of aryl methyl sites for hydroxylation is 2. The molecule has 1 atom stereocenters. The second-order valence-electron chi connectivity index (χ2n) is 7.99. The number of fused-ring (bicyclic) bond motifs is 1. The molecule has 0 aliphatic heterocycles. The quantitative estimate of drug-likeness (QED) is 0.598. The molecule has 1 N–H and O–H groups in total. The number of benzene rings is 2. The van der Waals surface area contributed by atoms with Crippen molar-refractivity contribution in [2.75, 3.05) is 11.9 Å². The number of carbonyl (C=O) groups is 2. The van der Waals surface area contributed by atoms with Gasteiger partial charge < -0.3 is 10.1 Å². The number of hydrogen-bond acceptors (Lipinski definition) is 4. The highest BCUT2D eigenvalue weighted by Crippen LogP contribution is 2.42. The number of rotatable bonds is 5. The smallest absolute Gasteiger partial charge is 0.262 e. The average molecular weight is 438 g/mol. The van der Waals surface area contributed by atoms with Gasteiger partial charge in [0.15, 0.2) is 12.4 Å². The summed E-state index contributed by atoms with van der Waals surface area (Å²) in [6.45, 7) is 7.53. The summed E-state index contributed by atoms with van der Waals surface area (Å²) < 4.78 is 7.53. The van der Waals surface area contributed by atoms with Crippen molar-refractivity contribution in [3.05, 3.63) is 69.5 Å². The van der Waals surface area contributed by atoms with E-state index in [0.717, 1.165) is 22.5 Å². The van der Waals surface area contributed by atoms with Crippen LogP contribution in [0.2, 0.25) is 5.02 Å². The van der Waals surface area contributed by atoms with Gasteiger partial charge in [0, 0.05) is 11.4 Å². The van der Waals surface area contributed by atoms with Crippen molar-refractivity contribution >= 4 is 29.0 Å². The molecule has 1 aliphatic rings. The van der Waals surface area contributed by atoms with Crippen LogP contribution in [0, 0.1) is 20.8 Å². The van der Waals surface area contributed by atoms with E-state index in [1.165, 1.54) is 0 Å². The zero-order valence-corrected chi connectivity index (χ0v) is 18.7. The number of aromatic nitrogens is 2. The second-order valence-corrected chi connectivity index (χ2v) is 8.40. The van der Waals surface area contributed by atoms with Gasteiger partial charge in [-0.2, -0.15) is 5.10 Å². The molecule has 160 valence electrons. The largest absolute Gasteiger partial charge is 0.483 e. The van der Waals surface area contributed by atoms with Crippen LogP contribution in [0.4, 0.5) is 5.69 Å². The summed E-state index contributed by atoms with van der Waals surface area (Å²) in [4.78, 5) is 25.0. The summed E-state index contributed by atoms with van der Waals surface area (Å²) in [5.41, 5.74) is 5.57. The number of carbonyl (C=O) groups excluding carboxylic acids is 2. The van der Waals surface area contributed by atoms with Gasteiger partial charge in [0.2, 0.25) is 0 Å². The molecule has 4 rings (SSSR count). The lowest BCUT2D eigenvalue weighted by molar-refractivity contribution is -0.118. The van der Waals surface area contributed by atoms with Gasteiger partial charge in [-0.05, 0) is 56.5 Å². The lowest BCUT2D eigenvalue weighted by atomic mass is 10.0. The molecule has 0 bridgehead atoms. The number of halogens is 1. The third-order valence-corrected chi connectivity index (χ3v) is 5.94. The van der Waals surface area contributed by atoms with Gasteiger partial charge in [0.1, 0.15) is 5.75 Å². The number of hydrogen-bond donors (Lipinski definition) is 1. The Morgan fingerprint density at radius 2 is 1.90 bits per heavy atom. The van der Waals surface area contributed by atoms with E-state index < -0.39 is 0 Å². The first kappa shape index (κ1) is 21.1. The van der Waals surface area contributed by atoms with Crippen molar-refractivity contribution < 1.29 is 14.3 Å². The summed E-state index contributed by atoms with van der Waals surface area (Å²) in [7, 11) is 0. The van der Waals surface area contributed by atoms with Crippen LogP contribution in [0.5, 0.6) is 5.75 Å². The van der Waals surface area contributed by atoms with Crippen molar-refractivity contribution in [2.24, 2.45) is 0 Å². The van der Waals surface area contributed by atoms with Crippen molar-refractivity contribution in [1.82, 2.24) is 9.78 Å². The maximum absolute atomic E-state index is 12.6. The molecule has 1 aliphatic carbocycles. The molecule has 31 heavy (non-hydrogen) atoms. The van der Waals surface area contributed by atoms with E-state index in [-0.39, 0.29) is 24.2 Å². The summed E-state index contributed by atoms with van der Waals surface area (Å²) in [5.74, 6) is 0.112. The van der Waals surface area contributed by atoms with E-state index in [9.17, 15) is 9.59 Å². The maximum atomic E-state index is 12.6. The van der Waals surface area contributed by atoms with Crippen LogP contribution < -0.4 is 10.1 Å². The lowest BCUT2D eigenvalue weighted by Gasteiger charge is -2.13. The first-order valence-electron chi connectivity index (χ1n) is 10.2. The Bertz CT molecular complexity index is 1180. The molecular formula is C24H24ClN3O3. The molecule has 3 aromatic rings. The summed E-state index contributed by atoms with van der Waals surface area (Å²) in [5, 5.41) is 8.01. The van der Waals surface area contributed by atoms with E-state index in [4.69, 9.17) is 16.3 Å². The van der Waals surface area contributed by atoms with E-state index in [1.54, 1.807) is 16.8 Å². The highest BCUT2D eigenvalue weighted by atomic mass is 35.5. The summed E-state index contributed by atoms with van der Waals surface area (Å²) in [6.07, 6.45) is 0.401. The van der Waals surface area contributed by atoms with Crippen molar-refractivity contribution in [3.8, 4) is 11.4 Å². The van der Waals surface area contributed by atoms with Crippen LogP contribution >= 0.6 is 11.6 Å².